The van der Waals surface area contributed by atoms with Gasteiger partial charge in [0.1, 0.15) is 5.78 Å². The molecule has 2 nitrogen and oxygen atoms in total. The van der Waals surface area contributed by atoms with Crippen molar-refractivity contribution in [3.63, 3.8) is 0 Å². The third kappa shape index (κ3) is 2.25. The van der Waals surface area contributed by atoms with E-state index in [0.29, 0.717) is 17.6 Å². The Hall–Kier alpha value is -0.370. The second-order valence-corrected chi connectivity index (χ2v) is 5.17. The molecule has 2 saturated carbocycles. The van der Waals surface area contributed by atoms with Crippen molar-refractivity contribution in [3.05, 3.63) is 0 Å². The summed E-state index contributed by atoms with van der Waals surface area (Å²) >= 11 is 0. The van der Waals surface area contributed by atoms with Crippen LogP contribution in [0.1, 0.15) is 58.3 Å². The van der Waals surface area contributed by atoms with E-state index in [1.54, 1.807) is 0 Å². The number of carbonyl (C=O) groups excluding carboxylic acids is 1. The van der Waals surface area contributed by atoms with Crippen molar-refractivity contribution in [3.8, 4) is 0 Å². The molecular formula is C13H22O2. The topological polar surface area (TPSA) is 26.3 Å². The molecule has 0 heterocycles. The molecule has 0 aromatic heterocycles. The van der Waals surface area contributed by atoms with Crippen LogP contribution in [0.25, 0.3) is 0 Å². The van der Waals surface area contributed by atoms with Crippen molar-refractivity contribution in [2.45, 2.75) is 64.4 Å². The number of hydrogen-bond donors (Lipinski definition) is 0. The van der Waals surface area contributed by atoms with Gasteiger partial charge < -0.3 is 4.74 Å². The largest absolute Gasteiger partial charge is 0.377 e. The van der Waals surface area contributed by atoms with E-state index in [1.807, 2.05) is 0 Å². The maximum Gasteiger partial charge on any atom is 0.135 e. The van der Waals surface area contributed by atoms with Crippen LogP contribution in [-0.2, 0) is 9.53 Å². The number of rotatable bonds is 3. The van der Waals surface area contributed by atoms with Gasteiger partial charge in [0, 0.05) is 19.4 Å². The third-order valence-electron chi connectivity index (χ3n) is 4.12. The van der Waals surface area contributed by atoms with E-state index in [2.05, 4.69) is 6.92 Å². The predicted octanol–water partition coefficient (Wildman–Crippen LogP) is 3.10. The number of ether oxygens (including phenoxy) is 1. The number of hydrogen-bond acceptors (Lipinski definition) is 2. The van der Waals surface area contributed by atoms with Gasteiger partial charge in [-0.1, -0.05) is 19.8 Å². The zero-order chi connectivity index (χ0) is 10.7. The summed E-state index contributed by atoms with van der Waals surface area (Å²) in [6, 6.07) is 0. The van der Waals surface area contributed by atoms with E-state index in [0.717, 1.165) is 25.9 Å². The summed E-state index contributed by atoms with van der Waals surface area (Å²) in [5, 5.41) is 0. The smallest absolute Gasteiger partial charge is 0.135 e. The Balaban J connectivity index is 2.02. The van der Waals surface area contributed by atoms with Crippen LogP contribution in [-0.4, -0.2) is 18.5 Å². The maximum atomic E-state index is 11.5. The Morgan fingerprint density at radius 2 is 2.07 bits per heavy atom. The van der Waals surface area contributed by atoms with Gasteiger partial charge in [0.15, 0.2) is 0 Å². The molecule has 2 aliphatic rings. The summed E-state index contributed by atoms with van der Waals surface area (Å²) in [7, 11) is 0. The molecule has 15 heavy (non-hydrogen) atoms. The predicted molar refractivity (Wildman–Crippen MR) is 59.8 cm³/mol. The van der Waals surface area contributed by atoms with Gasteiger partial charge in [-0.2, -0.15) is 0 Å². The van der Waals surface area contributed by atoms with Crippen molar-refractivity contribution in [2.75, 3.05) is 6.61 Å². The van der Waals surface area contributed by atoms with Gasteiger partial charge in [-0.05, 0) is 31.1 Å². The minimum Gasteiger partial charge on any atom is -0.377 e. The summed E-state index contributed by atoms with van der Waals surface area (Å²) in [6.07, 6.45) is 9.10. The highest BCUT2D eigenvalue weighted by Crippen LogP contribution is 2.49. The molecule has 0 N–H and O–H groups in total. The van der Waals surface area contributed by atoms with Gasteiger partial charge in [-0.15, -0.1) is 0 Å². The fourth-order valence-electron chi connectivity index (χ4n) is 3.22. The molecule has 0 saturated heterocycles. The van der Waals surface area contributed by atoms with Crippen LogP contribution < -0.4 is 0 Å². The highest BCUT2D eigenvalue weighted by molar-refractivity contribution is 5.80. The second-order valence-electron chi connectivity index (χ2n) is 5.17. The van der Waals surface area contributed by atoms with Gasteiger partial charge in [0.25, 0.3) is 0 Å². The highest BCUT2D eigenvalue weighted by Gasteiger charge is 2.45. The minimum atomic E-state index is 0.237. The SMILES string of the molecule is CCCOC1CC(=O)CCC12CCCC2. The van der Waals surface area contributed by atoms with E-state index in [1.165, 1.54) is 25.7 Å². The lowest BCUT2D eigenvalue weighted by atomic mass is 9.70. The van der Waals surface area contributed by atoms with E-state index in [-0.39, 0.29) is 6.10 Å². The molecule has 1 unspecified atom stereocenters. The normalized spacial score (nSPS) is 29.9. The van der Waals surface area contributed by atoms with Crippen LogP contribution in [0.15, 0.2) is 0 Å². The first kappa shape index (κ1) is 11.1. The molecule has 0 radical (unpaired) electrons. The molecule has 0 aromatic rings. The molecule has 2 aliphatic carbocycles. The Bertz CT molecular complexity index is 229. The Morgan fingerprint density at radius 1 is 1.33 bits per heavy atom. The van der Waals surface area contributed by atoms with Crippen molar-refractivity contribution in [1.29, 1.82) is 0 Å². The van der Waals surface area contributed by atoms with Crippen molar-refractivity contribution in [2.24, 2.45) is 5.41 Å². The molecule has 2 rings (SSSR count). The van der Waals surface area contributed by atoms with Crippen LogP contribution >= 0.6 is 0 Å². The number of Topliss-reactive ketones (excluding diaryl/α,β-unsaturated/α-hetero) is 1. The van der Waals surface area contributed by atoms with Crippen LogP contribution in [0, 0.1) is 5.41 Å². The maximum absolute atomic E-state index is 11.5. The van der Waals surface area contributed by atoms with Crippen LogP contribution in [0.3, 0.4) is 0 Å². The van der Waals surface area contributed by atoms with Gasteiger partial charge in [0.05, 0.1) is 6.10 Å². The zero-order valence-electron chi connectivity index (χ0n) is 9.76. The quantitative estimate of drug-likeness (QED) is 0.715. The molecule has 0 aromatic carbocycles. The van der Waals surface area contributed by atoms with E-state index in [9.17, 15) is 4.79 Å². The van der Waals surface area contributed by atoms with Gasteiger partial charge in [-0.3, -0.25) is 4.79 Å². The molecule has 2 fully saturated rings. The first-order valence-electron chi connectivity index (χ1n) is 6.40. The molecule has 1 atom stereocenters. The van der Waals surface area contributed by atoms with E-state index >= 15 is 0 Å². The molecule has 0 aliphatic heterocycles. The molecular weight excluding hydrogens is 188 g/mol. The highest BCUT2D eigenvalue weighted by atomic mass is 16.5. The van der Waals surface area contributed by atoms with Crippen LogP contribution in [0.5, 0.6) is 0 Å². The summed E-state index contributed by atoms with van der Waals surface area (Å²) < 4.78 is 5.92. The Labute approximate surface area is 92.4 Å². The van der Waals surface area contributed by atoms with Crippen LogP contribution in [0.2, 0.25) is 0 Å². The summed E-state index contributed by atoms with van der Waals surface area (Å²) in [6.45, 7) is 2.95. The van der Waals surface area contributed by atoms with Gasteiger partial charge in [-0.25, -0.2) is 0 Å². The van der Waals surface area contributed by atoms with Crippen molar-refractivity contribution in [1.82, 2.24) is 0 Å². The summed E-state index contributed by atoms with van der Waals surface area (Å²) in [5.41, 5.74) is 0.378. The standard InChI is InChI=1S/C13H22O2/c1-2-9-15-12-10-11(14)5-8-13(12)6-3-4-7-13/h12H,2-10H2,1H3. The van der Waals surface area contributed by atoms with Crippen LogP contribution in [0.4, 0.5) is 0 Å². The fourth-order valence-corrected chi connectivity index (χ4v) is 3.22. The third-order valence-corrected chi connectivity index (χ3v) is 4.12. The lowest BCUT2D eigenvalue weighted by Gasteiger charge is -2.40. The number of ketones is 1. The monoisotopic (exact) mass is 210 g/mol. The first-order chi connectivity index (χ1) is 7.27. The van der Waals surface area contributed by atoms with Gasteiger partial charge in [0.2, 0.25) is 0 Å². The molecule has 0 amide bonds. The molecule has 1 spiro atoms. The van der Waals surface area contributed by atoms with Gasteiger partial charge >= 0.3 is 0 Å². The second kappa shape index (κ2) is 4.65. The molecule has 2 heteroatoms. The first-order valence-corrected chi connectivity index (χ1v) is 6.40. The van der Waals surface area contributed by atoms with Crippen molar-refractivity contribution < 1.29 is 9.53 Å². The summed E-state index contributed by atoms with van der Waals surface area (Å²) in [4.78, 5) is 11.5. The summed E-state index contributed by atoms with van der Waals surface area (Å²) in [5.74, 6) is 0.411. The lowest BCUT2D eigenvalue weighted by molar-refractivity contribution is -0.133. The average Bonchev–Trinajstić information content (AvgIpc) is 2.70. The molecule has 86 valence electrons. The average molecular weight is 210 g/mol. The van der Waals surface area contributed by atoms with E-state index < -0.39 is 0 Å². The zero-order valence-corrected chi connectivity index (χ0v) is 9.76. The minimum absolute atomic E-state index is 0.237. The fraction of sp³-hybridized carbons (Fsp3) is 0.923. The van der Waals surface area contributed by atoms with E-state index in [4.69, 9.17) is 4.74 Å². The lowest BCUT2D eigenvalue weighted by Crippen LogP contribution is -2.41. The molecule has 0 bridgehead atoms. The number of carbonyl (C=O) groups is 1. The Kier molecular flexibility index (Phi) is 3.45. The Morgan fingerprint density at radius 3 is 2.73 bits per heavy atom. The van der Waals surface area contributed by atoms with Crippen molar-refractivity contribution >= 4 is 5.78 Å².